The van der Waals surface area contributed by atoms with E-state index in [0.717, 1.165) is 48.7 Å². The van der Waals surface area contributed by atoms with Crippen LogP contribution >= 0.6 is 0 Å². The van der Waals surface area contributed by atoms with E-state index in [1.807, 2.05) is 45.2 Å². The van der Waals surface area contributed by atoms with Gasteiger partial charge in [0.15, 0.2) is 0 Å². The van der Waals surface area contributed by atoms with Gasteiger partial charge in [-0.1, -0.05) is 0 Å². The van der Waals surface area contributed by atoms with Crippen molar-refractivity contribution in [3.63, 3.8) is 0 Å². The minimum Gasteiger partial charge on any atom is -0.491 e. The summed E-state index contributed by atoms with van der Waals surface area (Å²) >= 11 is 0. The van der Waals surface area contributed by atoms with Crippen molar-refractivity contribution in [3.05, 3.63) is 35.8 Å². The highest BCUT2D eigenvalue weighted by Crippen LogP contribution is 2.23. The Hall–Kier alpha value is -2.54. The van der Waals surface area contributed by atoms with Gasteiger partial charge in [-0.25, -0.2) is 0 Å². The molecule has 0 unspecified atom stereocenters. The van der Waals surface area contributed by atoms with Gasteiger partial charge in [0.05, 0.1) is 17.3 Å². The zero-order valence-corrected chi connectivity index (χ0v) is 15.0. The van der Waals surface area contributed by atoms with Gasteiger partial charge in [-0.15, -0.1) is 0 Å². The van der Waals surface area contributed by atoms with E-state index in [0.29, 0.717) is 11.4 Å². The Kier molecular flexibility index (Phi) is 5.23. The van der Waals surface area contributed by atoms with Gasteiger partial charge in [0.1, 0.15) is 17.3 Å². The third-order valence-corrected chi connectivity index (χ3v) is 4.16. The van der Waals surface area contributed by atoms with Crippen molar-refractivity contribution < 1.29 is 4.74 Å². The molecule has 2 aromatic rings. The number of nitrogens with zero attached hydrogens (tertiary/aromatic N) is 2. The molecule has 0 atom stereocenters. The maximum absolute atomic E-state index is 8.51. The molecule has 0 aliphatic carbocycles. The number of aromatic amines is 1. The molecule has 0 amide bonds. The van der Waals surface area contributed by atoms with E-state index in [1.54, 1.807) is 0 Å². The topological polar surface area (TPSA) is 89.1 Å². The molecular formula is C18H26N6O. The van der Waals surface area contributed by atoms with E-state index < -0.39 is 0 Å². The summed E-state index contributed by atoms with van der Waals surface area (Å²) in [6, 6.07) is 5.81. The number of ether oxygens (including phenoxy) is 1. The zero-order valence-electron chi connectivity index (χ0n) is 15.0. The van der Waals surface area contributed by atoms with Crippen molar-refractivity contribution in [2.45, 2.75) is 20.0 Å². The lowest BCUT2D eigenvalue weighted by Gasteiger charge is -2.31. The van der Waals surface area contributed by atoms with Crippen molar-refractivity contribution >= 4 is 16.6 Å². The normalized spacial score (nSPS) is 15.7. The second-order valence-electron chi connectivity index (χ2n) is 6.38. The Bertz CT molecular complexity index is 773. The monoisotopic (exact) mass is 342 g/mol. The van der Waals surface area contributed by atoms with Crippen molar-refractivity contribution in [2.24, 2.45) is 0 Å². The first-order valence-corrected chi connectivity index (χ1v) is 8.67. The molecule has 0 radical (unpaired) electrons. The van der Waals surface area contributed by atoms with E-state index >= 15 is 0 Å². The van der Waals surface area contributed by atoms with Crippen LogP contribution in [-0.2, 0) is 0 Å². The maximum atomic E-state index is 8.51. The standard InChI is InChI=1S/C18H26N6O/c1-12(2)25-13-4-5-16-14(10-13)18(23-22-16)15(19)11-17(20-3)24-8-6-21-7-9-24/h4-5,10-12,19-21H,6-9H2,1-3H3,(H,22,23)/b17-11+,19-15?. The molecule has 0 bridgehead atoms. The predicted octanol–water partition coefficient (Wildman–Crippen LogP) is 1.68. The summed E-state index contributed by atoms with van der Waals surface area (Å²) in [7, 11) is 1.89. The molecule has 0 spiro atoms. The molecule has 25 heavy (non-hydrogen) atoms. The summed E-state index contributed by atoms with van der Waals surface area (Å²) in [6.45, 7) is 7.75. The van der Waals surface area contributed by atoms with Crippen LogP contribution in [0.1, 0.15) is 19.5 Å². The quantitative estimate of drug-likeness (QED) is 0.600. The Balaban J connectivity index is 1.88. The molecule has 4 N–H and O–H groups in total. The Labute approximate surface area is 147 Å². The van der Waals surface area contributed by atoms with Crippen LogP contribution < -0.4 is 15.4 Å². The molecule has 3 rings (SSSR count). The van der Waals surface area contributed by atoms with Gasteiger partial charge in [0, 0.05) is 44.7 Å². The summed E-state index contributed by atoms with van der Waals surface area (Å²) in [5.41, 5.74) is 1.90. The number of allylic oxidation sites excluding steroid dienone is 1. The van der Waals surface area contributed by atoms with E-state index in [4.69, 9.17) is 10.1 Å². The maximum Gasteiger partial charge on any atom is 0.120 e. The van der Waals surface area contributed by atoms with Gasteiger partial charge in [0.2, 0.25) is 0 Å². The Morgan fingerprint density at radius 2 is 2.12 bits per heavy atom. The summed E-state index contributed by atoms with van der Waals surface area (Å²) in [5.74, 6) is 1.73. The van der Waals surface area contributed by atoms with Crippen LogP contribution in [0.25, 0.3) is 10.9 Å². The summed E-state index contributed by atoms with van der Waals surface area (Å²) in [6.07, 6.45) is 1.95. The van der Waals surface area contributed by atoms with E-state index in [1.165, 1.54) is 0 Å². The lowest BCUT2D eigenvalue weighted by atomic mass is 10.1. The number of aromatic nitrogens is 2. The van der Waals surface area contributed by atoms with Crippen LogP contribution in [0, 0.1) is 5.41 Å². The molecule has 0 saturated carbocycles. The number of rotatable bonds is 6. The van der Waals surface area contributed by atoms with Crippen molar-refractivity contribution in [1.29, 1.82) is 5.41 Å². The minimum atomic E-state index is 0.107. The molecule has 1 aromatic carbocycles. The van der Waals surface area contributed by atoms with Crippen molar-refractivity contribution in [3.8, 4) is 5.75 Å². The lowest BCUT2D eigenvalue weighted by Crippen LogP contribution is -2.45. The average Bonchev–Trinajstić information content (AvgIpc) is 3.03. The molecule has 2 heterocycles. The molecule has 1 aliphatic heterocycles. The van der Waals surface area contributed by atoms with Gasteiger partial charge in [-0.2, -0.15) is 5.10 Å². The summed E-state index contributed by atoms with van der Waals surface area (Å²) in [4.78, 5) is 2.24. The third kappa shape index (κ3) is 3.93. The van der Waals surface area contributed by atoms with Crippen LogP contribution in [0.3, 0.4) is 0 Å². The molecular weight excluding hydrogens is 316 g/mol. The van der Waals surface area contributed by atoms with Crippen LogP contribution in [0.5, 0.6) is 5.75 Å². The second-order valence-corrected chi connectivity index (χ2v) is 6.38. The number of nitrogens with one attached hydrogen (secondary N) is 4. The number of H-pyrrole nitrogens is 1. The average molecular weight is 342 g/mol. The highest BCUT2D eigenvalue weighted by Gasteiger charge is 2.15. The van der Waals surface area contributed by atoms with Crippen LogP contribution in [-0.4, -0.2) is 60.1 Å². The predicted molar refractivity (Wildman–Crippen MR) is 100 cm³/mol. The van der Waals surface area contributed by atoms with E-state index in [2.05, 4.69) is 25.7 Å². The van der Waals surface area contributed by atoms with Gasteiger partial charge in [-0.3, -0.25) is 10.5 Å². The minimum absolute atomic E-state index is 0.107. The highest BCUT2D eigenvalue weighted by molar-refractivity contribution is 6.13. The van der Waals surface area contributed by atoms with Gasteiger partial charge in [-0.05, 0) is 32.0 Å². The van der Waals surface area contributed by atoms with E-state index in [-0.39, 0.29) is 6.10 Å². The lowest BCUT2D eigenvalue weighted by molar-refractivity contribution is 0.243. The second kappa shape index (κ2) is 7.57. The SMILES string of the molecule is CN/C(=C\C(=N)c1n[nH]c2ccc(OC(C)C)cc12)N1CCNCC1. The number of fused-ring (bicyclic) bond motifs is 1. The zero-order chi connectivity index (χ0) is 17.8. The summed E-state index contributed by atoms with van der Waals surface area (Å²) in [5, 5.41) is 23.3. The first-order chi connectivity index (χ1) is 12.1. The fourth-order valence-electron chi connectivity index (χ4n) is 2.98. The number of hydrogen-bond acceptors (Lipinski definition) is 6. The number of hydrogen-bond donors (Lipinski definition) is 4. The molecule has 7 nitrogen and oxygen atoms in total. The third-order valence-electron chi connectivity index (χ3n) is 4.16. The van der Waals surface area contributed by atoms with Gasteiger partial charge in [0.25, 0.3) is 0 Å². The number of benzene rings is 1. The molecule has 1 aliphatic rings. The molecule has 1 fully saturated rings. The Morgan fingerprint density at radius 3 is 2.80 bits per heavy atom. The number of piperazine rings is 1. The highest BCUT2D eigenvalue weighted by atomic mass is 16.5. The first-order valence-electron chi connectivity index (χ1n) is 8.67. The van der Waals surface area contributed by atoms with Crippen LogP contribution in [0.2, 0.25) is 0 Å². The van der Waals surface area contributed by atoms with Crippen molar-refractivity contribution in [1.82, 2.24) is 25.7 Å². The molecule has 1 aromatic heterocycles. The van der Waals surface area contributed by atoms with Crippen molar-refractivity contribution in [2.75, 3.05) is 33.2 Å². The fourth-order valence-corrected chi connectivity index (χ4v) is 2.98. The first kappa shape index (κ1) is 17.3. The van der Waals surface area contributed by atoms with Crippen LogP contribution in [0.4, 0.5) is 0 Å². The smallest absolute Gasteiger partial charge is 0.120 e. The molecule has 134 valence electrons. The molecule has 7 heteroatoms. The Morgan fingerprint density at radius 1 is 1.36 bits per heavy atom. The summed E-state index contributed by atoms with van der Waals surface area (Å²) < 4.78 is 5.77. The van der Waals surface area contributed by atoms with Gasteiger partial charge >= 0.3 is 0 Å². The largest absolute Gasteiger partial charge is 0.491 e. The van der Waals surface area contributed by atoms with Crippen LogP contribution in [0.15, 0.2) is 30.1 Å². The fraction of sp³-hybridized carbons (Fsp3) is 0.444. The van der Waals surface area contributed by atoms with E-state index in [9.17, 15) is 0 Å². The molecule has 1 saturated heterocycles. The van der Waals surface area contributed by atoms with Gasteiger partial charge < -0.3 is 20.3 Å².